The van der Waals surface area contributed by atoms with Crippen LogP contribution in [-0.4, -0.2) is 37.5 Å². The highest BCUT2D eigenvalue weighted by atomic mass is 32.2. The van der Waals surface area contributed by atoms with Crippen LogP contribution in [0.1, 0.15) is 19.3 Å². The number of benzene rings is 1. The molecule has 0 aromatic heterocycles. The van der Waals surface area contributed by atoms with Gasteiger partial charge in [-0.3, -0.25) is 4.79 Å². The summed E-state index contributed by atoms with van der Waals surface area (Å²) in [5, 5.41) is 2.13. The van der Waals surface area contributed by atoms with Crippen molar-refractivity contribution in [3.8, 4) is 0 Å². The molecule has 5 nitrogen and oxygen atoms in total. The first-order valence-corrected chi connectivity index (χ1v) is 8.34. The molecule has 116 valence electrons. The average Bonchev–Trinajstić information content (AvgIpc) is 3.17. The molecule has 1 saturated carbocycles. The maximum Gasteiger partial charge on any atom is 0.225 e. The zero-order chi connectivity index (χ0) is 15.6. The van der Waals surface area contributed by atoms with Gasteiger partial charge < -0.3 is 5.32 Å². The van der Waals surface area contributed by atoms with E-state index in [-0.39, 0.29) is 19.0 Å². The molecule has 0 heterocycles. The first-order valence-electron chi connectivity index (χ1n) is 6.49. The number of amides is 1. The van der Waals surface area contributed by atoms with Crippen molar-refractivity contribution in [3.63, 3.8) is 0 Å². The highest BCUT2D eigenvalue weighted by Crippen LogP contribution is 2.29. The summed E-state index contributed by atoms with van der Waals surface area (Å²) in [7, 11) is -3.38. The van der Waals surface area contributed by atoms with Crippen LogP contribution in [0.5, 0.6) is 0 Å². The number of nitrogens with zero attached hydrogens (tertiary/aromatic N) is 1. The van der Waals surface area contributed by atoms with Crippen LogP contribution in [0.25, 0.3) is 0 Å². The Morgan fingerprint density at radius 1 is 1.33 bits per heavy atom. The lowest BCUT2D eigenvalue weighted by atomic mass is 10.2. The van der Waals surface area contributed by atoms with Crippen molar-refractivity contribution in [2.75, 3.05) is 18.1 Å². The van der Waals surface area contributed by atoms with Gasteiger partial charge in [-0.2, -0.15) is 4.31 Å². The molecular formula is C13H16F2N2O3S. The molecule has 0 spiro atoms. The highest BCUT2D eigenvalue weighted by Gasteiger charge is 2.34. The quantitative estimate of drug-likeness (QED) is 0.868. The van der Waals surface area contributed by atoms with Crippen molar-refractivity contribution >= 4 is 21.6 Å². The van der Waals surface area contributed by atoms with Crippen LogP contribution in [0, 0.1) is 11.6 Å². The molecule has 1 fully saturated rings. The molecule has 0 saturated heterocycles. The molecule has 0 unspecified atom stereocenters. The minimum Gasteiger partial charge on any atom is -0.321 e. The topological polar surface area (TPSA) is 66.5 Å². The van der Waals surface area contributed by atoms with Crippen LogP contribution in [0.15, 0.2) is 18.2 Å². The van der Waals surface area contributed by atoms with E-state index in [0.29, 0.717) is 0 Å². The number of para-hydroxylation sites is 1. The van der Waals surface area contributed by atoms with Gasteiger partial charge in [0, 0.05) is 19.0 Å². The fourth-order valence-corrected chi connectivity index (χ4v) is 3.19. The summed E-state index contributed by atoms with van der Waals surface area (Å²) in [5.74, 6) is -2.37. The third-order valence-corrected chi connectivity index (χ3v) is 4.50. The van der Waals surface area contributed by atoms with E-state index in [4.69, 9.17) is 0 Å². The zero-order valence-corrected chi connectivity index (χ0v) is 12.3. The predicted molar refractivity (Wildman–Crippen MR) is 74.2 cm³/mol. The summed E-state index contributed by atoms with van der Waals surface area (Å²) >= 11 is 0. The summed E-state index contributed by atoms with van der Waals surface area (Å²) < 4.78 is 51.1. The summed E-state index contributed by atoms with van der Waals surface area (Å²) in [5.41, 5.74) is -0.514. The molecule has 21 heavy (non-hydrogen) atoms. The number of halogens is 2. The van der Waals surface area contributed by atoms with Gasteiger partial charge in [-0.1, -0.05) is 6.07 Å². The standard InChI is InChI=1S/C13H16F2N2O3S/c1-21(19,20)17(9-5-6-9)8-7-12(18)16-13-10(14)3-2-4-11(13)15/h2-4,9H,5-8H2,1H3,(H,16,18). The predicted octanol–water partition coefficient (Wildman–Crippen LogP) is 1.72. The Hall–Kier alpha value is -1.54. The van der Waals surface area contributed by atoms with Crippen LogP contribution in [0.2, 0.25) is 0 Å². The lowest BCUT2D eigenvalue weighted by Crippen LogP contribution is -2.34. The first-order chi connectivity index (χ1) is 9.79. The van der Waals surface area contributed by atoms with Crippen LogP contribution in [0.4, 0.5) is 14.5 Å². The molecule has 0 atom stereocenters. The van der Waals surface area contributed by atoms with Crippen LogP contribution in [0.3, 0.4) is 0 Å². The number of carbonyl (C=O) groups excluding carboxylic acids is 1. The Kier molecular flexibility index (Phi) is 4.58. The maximum atomic E-state index is 13.4. The van der Waals surface area contributed by atoms with E-state index >= 15 is 0 Å². The third kappa shape index (κ3) is 4.21. The van der Waals surface area contributed by atoms with Gasteiger partial charge in [-0.25, -0.2) is 17.2 Å². The summed E-state index contributed by atoms with van der Waals surface area (Å²) in [4.78, 5) is 11.7. The molecule has 1 aliphatic rings. The largest absolute Gasteiger partial charge is 0.321 e. The lowest BCUT2D eigenvalue weighted by Gasteiger charge is -2.19. The molecule has 1 N–H and O–H groups in total. The van der Waals surface area contributed by atoms with E-state index in [1.54, 1.807) is 0 Å². The van der Waals surface area contributed by atoms with Crippen molar-refractivity contribution in [2.45, 2.75) is 25.3 Å². The second-order valence-electron chi connectivity index (χ2n) is 5.00. The van der Waals surface area contributed by atoms with Gasteiger partial charge in [-0.05, 0) is 25.0 Å². The fourth-order valence-electron chi connectivity index (χ4n) is 2.01. The molecule has 0 bridgehead atoms. The van der Waals surface area contributed by atoms with Crippen molar-refractivity contribution in [1.29, 1.82) is 0 Å². The van der Waals surface area contributed by atoms with E-state index in [1.165, 1.54) is 10.4 Å². The van der Waals surface area contributed by atoms with E-state index in [9.17, 15) is 22.0 Å². The normalized spacial score (nSPS) is 15.2. The van der Waals surface area contributed by atoms with Gasteiger partial charge in [-0.15, -0.1) is 0 Å². The van der Waals surface area contributed by atoms with Crippen molar-refractivity contribution < 1.29 is 22.0 Å². The molecule has 1 aromatic carbocycles. The van der Waals surface area contributed by atoms with Gasteiger partial charge in [0.25, 0.3) is 0 Å². The van der Waals surface area contributed by atoms with Gasteiger partial charge in [0.15, 0.2) is 0 Å². The van der Waals surface area contributed by atoms with Gasteiger partial charge in [0.2, 0.25) is 15.9 Å². The smallest absolute Gasteiger partial charge is 0.225 e. The zero-order valence-electron chi connectivity index (χ0n) is 11.5. The number of hydrogen-bond acceptors (Lipinski definition) is 3. The Morgan fingerprint density at radius 3 is 2.38 bits per heavy atom. The molecule has 1 aromatic rings. The number of carbonyl (C=O) groups is 1. The van der Waals surface area contributed by atoms with E-state index in [1.807, 2.05) is 0 Å². The Balaban J connectivity index is 1.96. The van der Waals surface area contributed by atoms with Crippen LogP contribution < -0.4 is 5.32 Å². The number of sulfonamides is 1. The van der Waals surface area contributed by atoms with Gasteiger partial charge >= 0.3 is 0 Å². The van der Waals surface area contributed by atoms with Crippen molar-refractivity contribution in [3.05, 3.63) is 29.8 Å². The fraction of sp³-hybridized carbons (Fsp3) is 0.462. The monoisotopic (exact) mass is 318 g/mol. The summed E-state index contributed by atoms with van der Waals surface area (Å²) in [6, 6.07) is 3.20. The molecule has 0 radical (unpaired) electrons. The molecule has 1 amide bonds. The molecule has 8 heteroatoms. The summed E-state index contributed by atoms with van der Waals surface area (Å²) in [6.45, 7) is 0.00536. The SMILES string of the molecule is CS(=O)(=O)N(CCC(=O)Nc1c(F)cccc1F)C1CC1. The Morgan fingerprint density at radius 2 is 1.90 bits per heavy atom. The molecule has 0 aliphatic heterocycles. The second kappa shape index (κ2) is 6.07. The maximum absolute atomic E-state index is 13.4. The average molecular weight is 318 g/mol. The van der Waals surface area contributed by atoms with Crippen molar-refractivity contribution in [2.24, 2.45) is 0 Å². The second-order valence-corrected chi connectivity index (χ2v) is 6.93. The molecular weight excluding hydrogens is 302 g/mol. The number of rotatable bonds is 6. The van der Waals surface area contributed by atoms with Crippen LogP contribution >= 0.6 is 0 Å². The molecule has 1 aliphatic carbocycles. The van der Waals surface area contributed by atoms with E-state index in [0.717, 1.165) is 31.2 Å². The van der Waals surface area contributed by atoms with E-state index < -0.39 is 33.3 Å². The molecule has 2 rings (SSSR count). The number of nitrogens with one attached hydrogen (secondary N) is 1. The highest BCUT2D eigenvalue weighted by molar-refractivity contribution is 7.88. The Bertz CT molecular complexity index is 625. The van der Waals surface area contributed by atoms with Gasteiger partial charge in [0.05, 0.1) is 6.26 Å². The number of anilines is 1. The third-order valence-electron chi connectivity index (χ3n) is 3.17. The van der Waals surface area contributed by atoms with Crippen LogP contribution in [-0.2, 0) is 14.8 Å². The van der Waals surface area contributed by atoms with Gasteiger partial charge in [0.1, 0.15) is 17.3 Å². The Labute approximate surface area is 122 Å². The summed E-state index contributed by atoms with van der Waals surface area (Å²) in [6.07, 6.45) is 2.48. The number of hydrogen-bond donors (Lipinski definition) is 1. The van der Waals surface area contributed by atoms with Crippen molar-refractivity contribution in [1.82, 2.24) is 4.31 Å². The lowest BCUT2D eigenvalue weighted by molar-refractivity contribution is -0.116. The van der Waals surface area contributed by atoms with E-state index in [2.05, 4.69) is 5.32 Å². The first kappa shape index (κ1) is 15.8. The minimum absolute atomic E-state index is 0.00536. The minimum atomic E-state index is -3.38.